The zero-order valence-corrected chi connectivity index (χ0v) is 19.1. The molecule has 0 spiro atoms. The second-order valence-electron chi connectivity index (χ2n) is 8.65. The summed E-state index contributed by atoms with van der Waals surface area (Å²) in [5, 5.41) is 3.02. The smallest absolute Gasteiger partial charge is 0.251 e. The molecule has 0 unspecified atom stereocenters. The molecule has 0 radical (unpaired) electrons. The van der Waals surface area contributed by atoms with Gasteiger partial charge in [0.2, 0.25) is 11.8 Å². The maximum absolute atomic E-state index is 13.2. The number of carbonyl (C=O) groups excluding carboxylic acids is 3. The number of hydrogen-bond acceptors (Lipinski definition) is 3. The molecule has 166 valence electrons. The summed E-state index contributed by atoms with van der Waals surface area (Å²) in [4.78, 5) is 42.2. The minimum Gasteiger partial charge on any atom is -0.343 e. The highest BCUT2D eigenvalue weighted by atomic mass is 16.2. The van der Waals surface area contributed by atoms with Crippen LogP contribution >= 0.6 is 0 Å². The van der Waals surface area contributed by atoms with Crippen molar-refractivity contribution in [3.8, 4) is 0 Å². The predicted molar refractivity (Wildman–Crippen MR) is 119 cm³/mol. The molecule has 1 heterocycles. The summed E-state index contributed by atoms with van der Waals surface area (Å²) in [6.45, 7) is 12.4. The SMILES string of the molecule is CCN(CC)C(=O)[C@H](NC(=O)c1cccc(C)c1)C1CCN(C(=O)CC(C)C)CC1. The van der Waals surface area contributed by atoms with Crippen molar-refractivity contribution in [2.45, 2.75) is 59.9 Å². The Labute approximate surface area is 181 Å². The number of piperidine rings is 1. The highest BCUT2D eigenvalue weighted by Gasteiger charge is 2.35. The fourth-order valence-corrected chi connectivity index (χ4v) is 4.08. The maximum Gasteiger partial charge on any atom is 0.251 e. The van der Waals surface area contributed by atoms with E-state index in [-0.39, 0.29) is 23.6 Å². The topological polar surface area (TPSA) is 69.7 Å². The monoisotopic (exact) mass is 415 g/mol. The minimum atomic E-state index is -0.569. The number of nitrogens with zero attached hydrogens (tertiary/aromatic N) is 2. The Morgan fingerprint density at radius 1 is 1.13 bits per heavy atom. The molecule has 1 aliphatic rings. The second kappa shape index (κ2) is 11.1. The lowest BCUT2D eigenvalue weighted by Gasteiger charge is -2.37. The number of aryl methyl sites for hydroxylation is 1. The number of nitrogens with one attached hydrogen (secondary N) is 1. The van der Waals surface area contributed by atoms with E-state index >= 15 is 0 Å². The molecule has 6 nitrogen and oxygen atoms in total. The van der Waals surface area contributed by atoms with Gasteiger partial charge in [-0.25, -0.2) is 0 Å². The first kappa shape index (κ1) is 23.9. The van der Waals surface area contributed by atoms with Crippen LogP contribution in [-0.4, -0.2) is 59.7 Å². The lowest BCUT2D eigenvalue weighted by atomic mass is 9.87. The first-order valence-corrected chi connectivity index (χ1v) is 11.2. The molecule has 1 saturated heterocycles. The summed E-state index contributed by atoms with van der Waals surface area (Å²) in [6, 6.07) is 6.83. The van der Waals surface area contributed by atoms with Gasteiger partial charge in [-0.3, -0.25) is 14.4 Å². The zero-order valence-electron chi connectivity index (χ0n) is 19.1. The van der Waals surface area contributed by atoms with Crippen molar-refractivity contribution in [2.75, 3.05) is 26.2 Å². The Kier molecular flexibility index (Phi) is 8.88. The maximum atomic E-state index is 13.2. The van der Waals surface area contributed by atoms with E-state index in [1.54, 1.807) is 11.0 Å². The van der Waals surface area contributed by atoms with Crippen molar-refractivity contribution in [1.82, 2.24) is 15.1 Å². The predicted octanol–water partition coefficient (Wildman–Crippen LogP) is 3.25. The Morgan fingerprint density at radius 3 is 2.30 bits per heavy atom. The summed E-state index contributed by atoms with van der Waals surface area (Å²) in [5.41, 5.74) is 1.57. The van der Waals surface area contributed by atoms with Crippen molar-refractivity contribution in [3.63, 3.8) is 0 Å². The average molecular weight is 416 g/mol. The summed E-state index contributed by atoms with van der Waals surface area (Å²) >= 11 is 0. The lowest BCUT2D eigenvalue weighted by Crippen LogP contribution is -2.54. The molecular formula is C24H37N3O3. The van der Waals surface area contributed by atoms with Gasteiger partial charge in [-0.05, 0) is 57.6 Å². The number of carbonyl (C=O) groups is 3. The van der Waals surface area contributed by atoms with Gasteiger partial charge in [0.25, 0.3) is 5.91 Å². The summed E-state index contributed by atoms with van der Waals surface area (Å²) in [5.74, 6) is 0.283. The van der Waals surface area contributed by atoms with Gasteiger partial charge in [-0.15, -0.1) is 0 Å². The van der Waals surface area contributed by atoms with E-state index in [1.807, 2.05) is 57.7 Å². The molecule has 0 saturated carbocycles. The number of amides is 3. The molecule has 1 aromatic rings. The van der Waals surface area contributed by atoms with Gasteiger partial charge in [0.15, 0.2) is 0 Å². The number of hydrogen-bond donors (Lipinski definition) is 1. The van der Waals surface area contributed by atoms with Crippen molar-refractivity contribution in [1.29, 1.82) is 0 Å². The van der Waals surface area contributed by atoms with Gasteiger partial charge in [0, 0.05) is 38.2 Å². The van der Waals surface area contributed by atoms with Crippen molar-refractivity contribution in [2.24, 2.45) is 11.8 Å². The van der Waals surface area contributed by atoms with Crippen LogP contribution in [0.2, 0.25) is 0 Å². The van der Waals surface area contributed by atoms with E-state index in [0.717, 1.165) is 18.4 Å². The minimum absolute atomic E-state index is 0.0231. The first-order valence-electron chi connectivity index (χ1n) is 11.2. The van der Waals surface area contributed by atoms with E-state index < -0.39 is 6.04 Å². The second-order valence-corrected chi connectivity index (χ2v) is 8.65. The molecule has 1 fully saturated rings. The van der Waals surface area contributed by atoms with E-state index in [2.05, 4.69) is 5.32 Å². The first-order chi connectivity index (χ1) is 14.3. The molecule has 1 aliphatic heterocycles. The van der Waals surface area contributed by atoms with E-state index in [9.17, 15) is 14.4 Å². The van der Waals surface area contributed by atoms with Crippen LogP contribution < -0.4 is 5.32 Å². The van der Waals surface area contributed by atoms with Crippen LogP contribution in [0.15, 0.2) is 24.3 Å². The van der Waals surface area contributed by atoms with Gasteiger partial charge < -0.3 is 15.1 Å². The van der Waals surface area contributed by atoms with Gasteiger partial charge in [-0.2, -0.15) is 0 Å². The van der Waals surface area contributed by atoms with Gasteiger partial charge in [0.05, 0.1) is 0 Å². The molecule has 6 heteroatoms. The molecular weight excluding hydrogens is 378 g/mol. The standard InChI is InChI=1S/C24H37N3O3/c1-6-26(7-2)24(30)22(25-23(29)20-10-8-9-18(5)16-20)19-11-13-27(14-12-19)21(28)15-17(3)4/h8-10,16-17,19,22H,6-7,11-15H2,1-5H3,(H,25,29)/t22-/m1/s1. The van der Waals surface area contributed by atoms with Gasteiger partial charge in [-0.1, -0.05) is 31.5 Å². The Balaban J connectivity index is 2.13. The molecule has 0 aliphatic carbocycles. The lowest BCUT2D eigenvalue weighted by molar-refractivity contribution is -0.136. The average Bonchev–Trinajstić information content (AvgIpc) is 2.72. The van der Waals surface area contributed by atoms with Crippen LogP contribution in [0.4, 0.5) is 0 Å². The molecule has 2 rings (SSSR count). The fourth-order valence-electron chi connectivity index (χ4n) is 4.08. The highest BCUT2D eigenvalue weighted by molar-refractivity contribution is 5.97. The quantitative estimate of drug-likeness (QED) is 0.709. The van der Waals surface area contributed by atoms with Crippen LogP contribution in [0.1, 0.15) is 62.9 Å². The van der Waals surface area contributed by atoms with Crippen LogP contribution in [0.5, 0.6) is 0 Å². The largest absolute Gasteiger partial charge is 0.343 e. The van der Waals surface area contributed by atoms with Crippen molar-refractivity contribution in [3.05, 3.63) is 35.4 Å². The van der Waals surface area contributed by atoms with E-state index in [0.29, 0.717) is 44.1 Å². The molecule has 0 bridgehead atoms. The van der Waals surface area contributed by atoms with Crippen LogP contribution in [-0.2, 0) is 9.59 Å². The van der Waals surface area contributed by atoms with Crippen molar-refractivity contribution >= 4 is 17.7 Å². The normalized spacial score (nSPS) is 15.7. The summed E-state index contributed by atoms with van der Waals surface area (Å²) in [6.07, 6.45) is 1.99. The third-order valence-corrected chi connectivity index (χ3v) is 5.85. The third kappa shape index (κ3) is 6.31. The van der Waals surface area contributed by atoms with Crippen molar-refractivity contribution < 1.29 is 14.4 Å². The summed E-state index contributed by atoms with van der Waals surface area (Å²) < 4.78 is 0. The number of benzene rings is 1. The zero-order chi connectivity index (χ0) is 22.3. The van der Waals surface area contributed by atoms with E-state index in [4.69, 9.17) is 0 Å². The molecule has 3 amide bonds. The molecule has 1 N–H and O–H groups in total. The molecule has 1 atom stereocenters. The van der Waals surface area contributed by atoms with Crippen LogP contribution in [0, 0.1) is 18.8 Å². The molecule has 0 aromatic heterocycles. The number of likely N-dealkylation sites (tertiary alicyclic amines) is 1. The Bertz CT molecular complexity index is 735. The van der Waals surface area contributed by atoms with Crippen LogP contribution in [0.3, 0.4) is 0 Å². The molecule has 1 aromatic carbocycles. The number of rotatable bonds is 8. The highest BCUT2D eigenvalue weighted by Crippen LogP contribution is 2.24. The van der Waals surface area contributed by atoms with Gasteiger partial charge in [0.1, 0.15) is 6.04 Å². The van der Waals surface area contributed by atoms with E-state index in [1.165, 1.54) is 0 Å². The van der Waals surface area contributed by atoms with Crippen LogP contribution in [0.25, 0.3) is 0 Å². The number of likely N-dealkylation sites (N-methyl/N-ethyl adjacent to an activating group) is 1. The summed E-state index contributed by atoms with van der Waals surface area (Å²) in [7, 11) is 0. The Hall–Kier alpha value is -2.37. The Morgan fingerprint density at radius 2 is 1.77 bits per heavy atom. The molecule has 30 heavy (non-hydrogen) atoms. The van der Waals surface area contributed by atoms with Gasteiger partial charge >= 0.3 is 0 Å². The third-order valence-electron chi connectivity index (χ3n) is 5.85. The fraction of sp³-hybridized carbons (Fsp3) is 0.625.